The van der Waals surface area contributed by atoms with Gasteiger partial charge in [0.1, 0.15) is 36.1 Å². The van der Waals surface area contributed by atoms with Crippen LogP contribution in [0.3, 0.4) is 0 Å². The van der Waals surface area contributed by atoms with E-state index < -0.39 is 5.82 Å². The number of fused-ring (bicyclic) bond motifs is 3. The summed E-state index contributed by atoms with van der Waals surface area (Å²) < 4.78 is 26.5. The summed E-state index contributed by atoms with van der Waals surface area (Å²) in [7, 11) is 0. The number of hydrogen-bond donors (Lipinski definition) is 1. The molecule has 0 atom stereocenters. The number of hydrogen-bond acceptors (Lipinski definition) is 6. The average Bonchev–Trinajstić information content (AvgIpc) is 2.85. The molecule has 5 rings (SSSR count). The van der Waals surface area contributed by atoms with Crippen LogP contribution in [0, 0.1) is 5.82 Å². The molecule has 33 heavy (non-hydrogen) atoms. The zero-order chi connectivity index (χ0) is 22.8. The fraction of sp³-hybridized carbons (Fsp3) is 0.0800. The number of nitrogens with zero attached hydrogens (tertiary/aromatic N) is 3. The molecule has 164 valence electrons. The van der Waals surface area contributed by atoms with Gasteiger partial charge in [-0.15, -0.1) is 0 Å². The van der Waals surface area contributed by atoms with Crippen LogP contribution in [0.5, 0.6) is 17.2 Å². The summed E-state index contributed by atoms with van der Waals surface area (Å²) in [6, 6.07) is 17.2. The van der Waals surface area contributed by atoms with E-state index in [-0.39, 0.29) is 11.6 Å². The zero-order valence-electron chi connectivity index (χ0n) is 17.5. The Balaban J connectivity index is 1.50. The lowest BCUT2D eigenvalue weighted by Crippen LogP contribution is -2.36. The third-order valence-corrected chi connectivity index (χ3v) is 5.20. The van der Waals surface area contributed by atoms with Crippen LogP contribution in [0.1, 0.15) is 0 Å². The lowest BCUT2D eigenvalue weighted by Gasteiger charge is -2.29. The van der Waals surface area contributed by atoms with Gasteiger partial charge in [0.05, 0.1) is 28.8 Å². The van der Waals surface area contributed by atoms with Crippen LogP contribution < -0.4 is 19.7 Å². The number of carbonyl (C=O) groups excluding carboxylic acids is 1. The van der Waals surface area contributed by atoms with Gasteiger partial charge in [0.25, 0.3) is 5.91 Å². The SMILES string of the molecule is C=CC(=O)N1CCOc2c1ccc1ncnc(Nc3ccc(Oc4ccccc4)cc3F)c21. The van der Waals surface area contributed by atoms with E-state index in [1.165, 1.54) is 18.5 Å². The fourth-order valence-corrected chi connectivity index (χ4v) is 3.68. The molecule has 0 saturated carbocycles. The van der Waals surface area contributed by atoms with Crippen molar-refractivity contribution in [3.63, 3.8) is 0 Å². The van der Waals surface area contributed by atoms with Crippen molar-refractivity contribution < 1.29 is 18.7 Å². The van der Waals surface area contributed by atoms with Gasteiger partial charge >= 0.3 is 0 Å². The second-order valence-electron chi connectivity index (χ2n) is 7.25. The molecule has 1 aliphatic rings. The number of rotatable bonds is 5. The van der Waals surface area contributed by atoms with Crippen LogP contribution in [-0.2, 0) is 4.79 Å². The Morgan fingerprint density at radius 1 is 1.12 bits per heavy atom. The van der Waals surface area contributed by atoms with Crippen molar-refractivity contribution in [1.29, 1.82) is 0 Å². The van der Waals surface area contributed by atoms with E-state index in [1.54, 1.807) is 41.3 Å². The van der Waals surface area contributed by atoms with Crippen molar-refractivity contribution in [2.75, 3.05) is 23.4 Å². The number of ether oxygens (including phenoxy) is 2. The van der Waals surface area contributed by atoms with Gasteiger partial charge < -0.3 is 19.7 Å². The molecule has 2 heterocycles. The molecule has 4 aromatic rings. The van der Waals surface area contributed by atoms with E-state index in [9.17, 15) is 9.18 Å². The highest BCUT2D eigenvalue weighted by Gasteiger charge is 2.26. The molecule has 0 bridgehead atoms. The first-order valence-electron chi connectivity index (χ1n) is 10.3. The number of amides is 1. The quantitative estimate of drug-likeness (QED) is 0.427. The van der Waals surface area contributed by atoms with E-state index in [0.717, 1.165) is 0 Å². The van der Waals surface area contributed by atoms with Crippen LogP contribution in [0.2, 0.25) is 0 Å². The molecule has 1 N–H and O–H groups in total. The third-order valence-electron chi connectivity index (χ3n) is 5.20. The molecule has 0 saturated heterocycles. The maximum absolute atomic E-state index is 14.9. The van der Waals surface area contributed by atoms with Gasteiger partial charge in [0, 0.05) is 6.07 Å². The number of para-hydroxylation sites is 1. The van der Waals surface area contributed by atoms with Crippen LogP contribution >= 0.6 is 0 Å². The molecule has 3 aromatic carbocycles. The van der Waals surface area contributed by atoms with Crippen molar-refractivity contribution in [1.82, 2.24) is 9.97 Å². The van der Waals surface area contributed by atoms with Crippen LogP contribution in [0.25, 0.3) is 10.9 Å². The number of halogens is 1. The van der Waals surface area contributed by atoms with Gasteiger partial charge in [0.2, 0.25) is 0 Å². The minimum Gasteiger partial charge on any atom is -0.489 e. The van der Waals surface area contributed by atoms with E-state index in [4.69, 9.17) is 9.47 Å². The second-order valence-corrected chi connectivity index (χ2v) is 7.25. The van der Waals surface area contributed by atoms with Gasteiger partial charge in [-0.2, -0.15) is 0 Å². The Labute approximate surface area is 189 Å². The number of anilines is 3. The molecule has 0 aliphatic carbocycles. The first kappa shape index (κ1) is 20.4. The van der Waals surface area contributed by atoms with E-state index >= 15 is 0 Å². The number of nitrogens with one attached hydrogen (secondary N) is 1. The molecular formula is C25H19FN4O3. The standard InChI is InChI=1S/C25H19FN4O3/c1-2-22(31)30-12-13-32-24-21(30)11-10-20-23(24)25(28-15-27-20)29-19-9-8-17(14-18(19)26)33-16-6-4-3-5-7-16/h2-11,14-15H,1,12-13H2,(H,27,28,29). The first-order chi connectivity index (χ1) is 16.1. The summed E-state index contributed by atoms with van der Waals surface area (Å²) >= 11 is 0. The van der Waals surface area contributed by atoms with Crippen molar-refractivity contribution in [2.45, 2.75) is 0 Å². The molecule has 0 spiro atoms. The molecule has 1 amide bonds. The Hall–Kier alpha value is -4.46. The lowest BCUT2D eigenvalue weighted by atomic mass is 10.1. The van der Waals surface area contributed by atoms with Crippen LogP contribution in [-0.4, -0.2) is 29.0 Å². The van der Waals surface area contributed by atoms with E-state index in [0.29, 0.717) is 52.8 Å². The van der Waals surface area contributed by atoms with Crippen molar-refractivity contribution >= 4 is 34.0 Å². The minimum atomic E-state index is -0.510. The monoisotopic (exact) mass is 442 g/mol. The van der Waals surface area contributed by atoms with Gasteiger partial charge in [0.15, 0.2) is 5.75 Å². The molecule has 1 aliphatic heterocycles. The smallest absolute Gasteiger partial charge is 0.250 e. The van der Waals surface area contributed by atoms with E-state index in [1.807, 2.05) is 18.2 Å². The second kappa shape index (κ2) is 8.58. The van der Waals surface area contributed by atoms with Gasteiger partial charge in [-0.1, -0.05) is 24.8 Å². The Kier molecular flexibility index (Phi) is 5.32. The van der Waals surface area contributed by atoms with Crippen molar-refractivity contribution in [3.05, 3.63) is 85.5 Å². The molecular weight excluding hydrogens is 423 g/mol. The maximum atomic E-state index is 14.9. The normalized spacial score (nSPS) is 12.6. The summed E-state index contributed by atoms with van der Waals surface area (Å²) in [5, 5.41) is 3.59. The summed E-state index contributed by atoms with van der Waals surface area (Å²) in [6.45, 7) is 4.27. The van der Waals surface area contributed by atoms with Crippen LogP contribution in [0.15, 0.2) is 79.6 Å². The predicted molar refractivity (Wildman–Crippen MR) is 124 cm³/mol. The molecule has 0 radical (unpaired) electrons. The van der Waals surface area contributed by atoms with Gasteiger partial charge in [-0.05, 0) is 42.5 Å². The lowest BCUT2D eigenvalue weighted by molar-refractivity contribution is -0.114. The van der Waals surface area contributed by atoms with Crippen molar-refractivity contribution in [2.24, 2.45) is 0 Å². The predicted octanol–water partition coefficient (Wildman–Crippen LogP) is 5.22. The molecule has 0 fully saturated rings. The summed E-state index contributed by atoms with van der Waals surface area (Å²) in [5.74, 6) is 1.06. The largest absolute Gasteiger partial charge is 0.489 e. The Morgan fingerprint density at radius 2 is 1.97 bits per heavy atom. The highest BCUT2D eigenvalue weighted by atomic mass is 19.1. The molecule has 0 unspecified atom stereocenters. The van der Waals surface area contributed by atoms with Gasteiger partial charge in [-0.25, -0.2) is 14.4 Å². The summed E-state index contributed by atoms with van der Waals surface area (Å²) in [5.41, 5.74) is 1.40. The Morgan fingerprint density at radius 3 is 2.76 bits per heavy atom. The molecule has 8 heteroatoms. The minimum absolute atomic E-state index is 0.211. The number of aromatic nitrogens is 2. The highest BCUT2D eigenvalue weighted by Crippen LogP contribution is 2.41. The summed E-state index contributed by atoms with van der Waals surface area (Å²) in [6.07, 6.45) is 2.64. The molecule has 7 nitrogen and oxygen atoms in total. The summed E-state index contributed by atoms with van der Waals surface area (Å²) in [4.78, 5) is 22.5. The topological polar surface area (TPSA) is 76.6 Å². The number of benzene rings is 3. The average molecular weight is 442 g/mol. The maximum Gasteiger partial charge on any atom is 0.250 e. The number of carbonyl (C=O) groups is 1. The van der Waals surface area contributed by atoms with Crippen molar-refractivity contribution in [3.8, 4) is 17.2 Å². The van der Waals surface area contributed by atoms with Crippen LogP contribution in [0.4, 0.5) is 21.6 Å². The molecule has 1 aromatic heterocycles. The van der Waals surface area contributed by atoms with Gasteiger partial charge in [-0.3, -0.25) is 4.79 Å². The highest BCUT2D eigenvalue weighted by molar-refractivity contribution is 6.07. The Bertz CT molecular complexity index is 1360. The third kappa shape index (κ3) is 3.94. The fourth-order valence-electron chi connectivity index (χ4n) is 3.68. The zero-order valence-corrected chi connectivity index (χ0v) is 17.5. The first-order valence-corrected chi connectivity index (χ1v) is 10.3. The van der Waals surface area contributed by atoms with E-state index in [2.05, 4.69) is 21.9 Å².